The van der Waals surface area contributed by atoms with E-state index in [4.69, 9.17) is 28.9 Å². The number of amides is 2. The zero-order valence-electron chi connectivity index (χ0n) is 18.1. The number of carbonyl (C=O) groups excluding carboxylic acids is 1. The highest BCUT2D eigenvalue weighted by atomic mass is 35.5. The molecule has 3 aromatic rings. The quantitative estimate of drug-likeness (QED) is 0.341. The van der Waals surface area contributed by atoms with Gasteiger partial charge >= 0.3 is 6.03 Å². The third-order valence-corrected chi connectivity index (χ3v) is 6.62. The van der Waals surface area contributed by atoms with Crippen LogP contribution < -0.4 is 16.4 Å². The van der Waals surface area contributed by atoms with Crippen LogP contribution in [0.1, 0.15) is 25.0 Å². The molecular weight excluding hydrogens is 481 g/mol. The summed E-state index contributed by atoms with van der Waals surface area (Å²) >= 11 is 12.4. The number of hydrogen-bond donors (Lipinski definition) is 3. The first kappa shape index (κ1) is 25.0. The highest BCUT2D eigenvalue weighted by Crippen LogP contribution is 2.33. The zero-order chi connectivity index (χ0) is 23.8. The normalized spacial score (nSPS) is 11.7. The zero-order valence-corrected chi connectivity index (χ0v) is 20.4. The molecule has 0 spiro atoms. The van der Waals surface area contributed by atoms with E-state index in [0.717, 1.165) is 31.4 Å². The van der Waals surface area contributed by atoms with Crippen molar-refractivity contribution in [1.82, 2.24) is 15.3 Å². The molecule has 10 heteroatoms. The number of benzene rings is 2. The first-order chi connectivity index (χ1) is 15.8. The van der Waals surface area contributed by atoms with E-state index in [9.17, 15) is 9.00 Å². The van der Waals surface area contributed by atoms with Crippen LogP contribution in [0.3, 0.4) is 0 Å². The molecule has 3 rings (SSSR count). The van der Waals surface area contributed by atoms with Gasteiger partial charge in [0.25, 0.3) is 0 Å². The Bertz CT molecular complexity index is 1140. The number of hydrogen-bond acceptors (Lipinski definition) is 5. The second-order valence-corrected chi connectivity index (χ2v) is 9.54. The molecule has 1 unspecified atom stereocenters. The Labute approximate surface area is 205 Å². The van der Waals surface area contributed by atoms with Crippen LogP contribution in [0.2, 0.25) is 10.0 Å². The Morgan fingerprint density at radius 2 is 1.82 bits per heavy atom. The van der Waals surface area contributed by atoms with Gasteiger partial charge < -0.3 is 16.4 Å². The molecule has 7 nitrogen and oxygen atoms in total. The van der Waals surface area contributed by atoms with E-state index in [1.54, 1.807) is 36.6 Å². The third-order valence-electron chi connectivity index (χ3n) is 4.86. The number of unbranched alkanes of at least 4 members (excludes halogenated alkanes) is 2. The first-order valence-corrected chi connectivity index (χ1v) is 12.7. The van der Waals surface area contributed by atoms with Gasteiger partial charge in [0.15, 0.2) is 0 Å². The average molecular weight is 506 g/mol. The standard InChI is InChI=1S/C23H25Cl2N5O2S/c1-33(32)17-11-9-15(10-12-17)29-23(31)27-13-4-2-3-6-16-14-20(30-22(26)28-16)18-7-5-8-19(24)21(18)25/h5,7-12,14H,2-4,6,13H2,1H3,(H2,26,28,30)(H2,27,29,31). The summed E-state index contributed by atoms with van der Waals surface area (Å²) in [5.41, 5.74) is 8.72. The molecule has 0 aliphatic rings. The molecule has 0 fully saturated rings. The van der Waals surface area contributed by atoms with E-state index in [-0.39, 0.29) is 12.0 Å². The lowest BCUT2D eigenvalue weighted by atomic mass is 10.1. The number of carbonyl (C=O) groups is 1. The van der Waals surface area contributed by atoms with Crippen molar-refractivity contribution >= 4 is 51.7 Å². The molecular formula is C23H25Cl2N5O2S. The van der Waals surface area contributed by atoms with Crippen LogP contribution in [0.4, 0.5) is 16.4 Å². The van der Waals surface area contributed by atoms with E-state index in [0.29, 0.717) is 38.4 Å². The molecule has 2 aromatic carbocycles. The van der Waals surface area contributed by atoms with Crippen molar-refractivity contribution in [2.24, 2.45) is 0 Å². The lowest BCUT2D eigenvalue weighted by Gasteiger charge is -2.09. The Hall–Kier alpha value is -2.68. The molecule has 0 saturated carbocycles. The minimum Gasteiger partial charge on any atom is -0.368 e. The molecule has 0 bridgehead atoms. The summed E-state index contributed by atoms with van der Waals surface area (Å²) in [6, 6.07) is 13.9. The largest absolute Gasteiger partial charge is 0.368 e. The summed E-state index contributed by atoms with van der Waals surface area (Å²) in [5, 5.41) is 6.49. The highest BCUT2D eigenvalue weighted by molar-refractivity contribution is 7.84. The number of rotatable bonds is 9. The molecule has 4 N–H and O–H groups in total. The SMILES string of the molecule is CS(=O)c1ccc(NC(=O)NCCCCCc2cc(-c3cccc(Cl)c3Cl)nc(N)n2)cc1. The van der Waals surface area contributed by atoms with Crippen molar-refractivity contribution in [2.75, 3.05) is 23.9 Å². The second kappa shape index (κ2) is 12.0. The molecule has 174 valence electrons. The number of aromatic nitrogens is 2. The number of halogens is 2. The Morgan fingerprint density at radius 3 is 2.55 bits per heavy atom. The maximum absolute atomic E-state index is 12.0. The maximum Gasteiger partial charge on any atom is 0.319 e. The maximum atomic E-state index is 12.0. The van der Waals surface area contributed by atoms with Crippen LogP contribution in [0.15, 0.2) is 53.4 Å². The van der Waals surface area contributed by atoms with Crippen LogP contribution in [0.5, 0.6) is 0 Å². The van der Waals surface area contributed by atoms with E-state index >= 15 is 0 Å². The molecule has 0 aliphatic carbocycles. The fraction of sp³-hybridized carbons (Fsp3) is 0.261. The number of nitrogens with zero attached hydrogens (tertiary/aromatic N) is 2. The van der Waals surface area contributed by atoms with Crippen molar-refractivity contribution in [3.8, 4) is 11.3 Å². The number of urea groups is 1. The van der Waals surface area contributed by atoms with Gasteiger partial charge in [0.1, 0.15) is 0 Å². The summed E-state index contributed by atoms with van der Waals surface area (Å²) < 4.78 is 11.4. The predicted octanol–water partition coefficient (Wildman–Crippen LogP) is 5.30. The number of nitrogens with two attached hydrogens (primary N) is 1. The summed E-state index contributed by atoms with van der Waals surface area (Å²) in [6.45, 7) is 0.554. The van der Waals surface area contributed by atoms with Crippen LogP contribution in [0.25, 0.3) is 11.3 Å². The van der Waals surface area contributed by atoms with Crippen molar-refractivity contribution < 1.29 is 9.00 Å². The van der Waals surface area contributed by atoms with Gasteiger partial charge in [0.2, 0.25) is 5.95 Å². The van der Waals surface area contributed by atoms with E-state index in [2.05, 4.69) is 20.6 Å². The minimum absolute atomic E-state index is 0.190. The monoisotopic (exact) mass is 505 g/mol. The van der Waals surface area contributed by atoms with Gasteiger partial charge in [-0.05, 0) is 55.7 Å². The van der Waals surface area contributed by atoms with Crippen LogP contribution >= 0.6 is 23.2 Å². The van der Waals surface area contributed by atoms with Crippen LogP contribution in [-0.4, -0.2) is 33.0 Å². The van der Waals surface area contributed by atoms with Gasteiger partial charge in [-0.1, -0.05) is 41.8 Å². The molecule has 1 aromatic heterocycles. The van der Waals surface area contributed by atoms with Crippen molar-refractivity contribution in [3.63, 3.8) is 0 Å². The number of nitrogens with one attached hydrogen (secondary N) is 2. The van der Waals surface area contributed by atoms with Gasteiger partial charge in [-0.3, -0.25) is 4.21 Å². The van der Waals surface area contributed by atoms with Gasteiger partial charge in [0.05, 0.1) is 15.7 Å². The summed E-state index contributed by atoms with van der Waals surface area (Å²) in [5.74, 6) is 0.190. The Morgan fingerprint density at radius 1 is 1.06 bits per heavy atom. The lowest BCUT2D eigenvalue weighted by molar-refractivity contribution is 0.252. The van der Waals surface area contributed by atoms with Crippen LogP contribution in [0, 0.1) is 0 Å². The summed E-state index contributed by atoms with van der Waals surface area (Å²) in [7, 11) is -1.04. The Balaban J connectivity index is 1.42. The van der Waals surface area contributed by atoms with Crippen molar-refractivity contribution in [1.29, 1.82) is 0 Å². The molecule has 0 aliphatic heterocycles. The van der Waals surface area contributed by atoms with Gasteiger partial charge in [-0.2, -0.15) is 0 Å². The van der Waals surface area contributed by atoms with Gasteiger partial charge in [0, 0.05) is 45.4 Å². The topological polar surface area (TPSA) is 110 Å². The van der Waals surface area contributed by atoms with Crippen molar-refractivity contribution in [3.05, 3.63) is 64.3 Å². The smallest absolute Gasteiger partial charge is 0.319 e. The van der Waals surface area contributed by atoms with E-state index < -0.39 is 10.8 Å². The lowest BCUT2D eigenvalue weighted by Crippen LogP contribution is -2.29. The third kappa shape index (κ3) is 7.42. The average Bonchev–Trinajstić information content (AvgIpc) is 2.78. The molecule has 1 atom stereocenters. The number of nitrogen functional groups attached to an aromatic ring is 1. The highest BCUT2D eigenvalue weighted by Gasteiger charge is 2.11. The van der Waals surface area contributed by atoms with Crippen LogP contribution in [-0.2, 0) is 17.2 Å². The number of anilines is 2. The van der Waals surface area contributed by atoms with Crippen molar-refractivity contribution in [2.45, 2.75) is 30.6 Å². The fourth-order valence-electron chi connectivity index (χ4n) is 3.20. The molecule has 33 heavy (non-hydrogen) atoms. The molecule has 0 saturated heterocycles. The molecule has 2 amide bonds. The second-order valence-electron chi connectivity index (χ2n) is 7.37. The molecule has 1 heterocycles. The predicted molar refractivity (Wildman–Crippen MR) is 135 cm³/mol. The van der Waals surface area contributed by atoms with Gasteiger partial charge in [-0.25, -0.2) is 14.8 Å². The number of aryl methyl sites for hydroxylation is 1. The summed E-state index contributed by atoms with van der Waals surface area (Å²) in [4.78, 5) is 21.3. The van der Waals surface area contributed by atoms with Gasteiger partial charge in [-0.15, -0.1) is 0 Å². The van der Waals surface area contributed by atoms with E-state index in [1.807, 2.05) is 18.2 Å². The minimum atomic E-state index is -1.04. The van der Waals surface area contributed by atoms with E-state index in [1.165, 1.54) is 0 Å². The fourth-order valence-corrected chi connectivity index (χ4v) is 4.12. The first-order valence-electron chi connectivity index (χ1n) is 10.4. The Kier molecular flexibility index (Phi) is 9.05. The molecule has 0 radical (unpaired) electrons. The summed E-state index contributed by atoms with van der Waals surface area (Å²) in [6.07, 6.45) is 4.97.